The van der Waals surface area contributed by atoms with Crippen LogP contribution >= 0.6 is 0 Å². The van der Waals surface area contributed by atoms with Crippen LogP contribution < -0.4 is 0 Å². The van der Waals surface area contributed by atoms with Gasteiger partial charge in [0.05, 0.1) is 0 Å². The first-order valence-corrected chi connectivity index (χ1v) is 5.47. The minimum atomic E-state index is -0.162. The maximum absolute atomic E-state index is 12.7. The second-order valence-electron chi connectivity index (χ2n) is 3.88. The highest BCUT2D eigenvalue weighted by molar-refractivity contribution is 5.66. The van der Waals surface area contributed by atoms with Gasteiger partial charge in [0.2, 0.25) is 0 Å². The van der Waals surface area contributed by atoms with Gasteiger partial charge in [0.15, 0.2) is 0 Å². The van der Waals surface area contributed by atoms with Gasteiger partial charge in [-0.15, -0.1) is 0 Å². The average Bonchev–Trinajstić information content (AvgIpc) is 2.30. The topological polar surface area (TPSA) is 3.24 Å². The van der Waals surface area contributed by atoms with Crippen LogP contribution in [0.4, 0.5) is 4.39 Å². The third-order valence-electron chi connectivity index (χ3n) is 2.96. The molecule has 0 N–H and O–H groups in total. The van der Waals surface area contributed by atoms with Gasteiger partial charge in [-0.2, -0.15) is 0 Å². The maximum atomic E-state index is 12.7. The summed E-state index contributed by atoms with van der Waals surface area (Å²) in [4.78, 5) is 2.40. The predicted molar refractivity (Wildman–Crippen MR) is 61.1 cm³/mol. The second kappa shape index (κ2) is 4.58. The molecule has 0 fully saturated rings. The summed E-state index contributed by atoms with van der Waals surface area (Å²) in [6.07, 6.45) is 3.32. The van der Waals surface area contributed by atoms with Gasteiger partial charge < -0.3 is 0 Å². The molecular formula is C13H16FN. The zero-order valence-electron chi connectivity index (χ0n) is 9.04. The monoisotopic (exact) mass is 205 g/mol. The SMILES string of the molecule is CCN1CC=C(c2ccc(F)cc2)CC1. The molecule has 0 bridgehead atoms. The standard InChI is InChI=1S/C13H16FN/c1-2-15-9-7-12(8-10-15)11-3-5-13(14)6-4-11/h3-7H,2,8-10H2,1H3. The molecule has 0 spiro atoms. The first-order valence-electron chi connectivity index (χ1n) is 5.47. The van der Waals surface area contributed by atoms with E-state index in [1.54, 1.807) is 0 Å². The van der Waals surface area contributed by atoms with E-state index in [2.05, 4.69) is 17.9 Å². The molecule has 15 heavy (non-hydrogen) atoms. The van der Waals surface area contributed by atoms with Crippen LogP contribution in [0, 0.1) is 5.82 Å². The Bertz CT molecular complexity index is 353. The minimum Gasteiger partial charge on any atom is -0.300 e. The molecule has 2 rings (SSSR count). The van der Waals surface area contributed by atoms with Gasteiger partial charge in [-0.1, -0.05) is 25.1 Å². The fraction of sp³-hybridized carbons (Fsp3) is 0.385. The van der Waals surface area contributed by atoms with E-state index < -0.39 is 0 Å². The molecule has 0 saturated carbocycles. The van der Waals surface area contributed by atoms with Gasteiger partial charge in [0.25, 0.3) is 0 Å². The molecule has 0 unspecified atom stereocenters. The lowest BCUT2D eigenvalue weighted by Gasteiger charge is -2.24. The lowest BCUT2D eigenvalue weighted by molar-refractivity contribution is 0.319. The molecule has 2 heteroatoms. The molecule has 1 aliphatic heterocycles. The lowest BCUT2D eigenvalue weighted by Crippen LogP contribution is -2.27. The van der Waals surface area contributed by atoms with E-state index in [1.165, 1.54) is 17.7 Å². The van der Waals surface area contributed by atoms with E-state index in [0.29, 0.717) is 0 Å². The average molecular weight is 205 g/mol. The van der Waals surface area contributed by atoms with E-state index in [-0.39, 0.29) is 5.82 Å². The highest BCUT2D eigenvalue weighted by atomic mass is 19.1. The van der Waals surface area contributed by atoms with Gasteiger partial charge in [-0.3, -0.25) is 4.90 Å². The number of hydrogen-bond donors (Lipinski definition) is 0. The minimum absolute atomic E-state index is 0.162. The largest absolute Gasteiger partial charge is 0.300 e. The van der Waals surface area contributed by atoms with Crippen molar-refractivity contribution in [3.05, 3.63) is 41.7 Å². The van der Waals surface area contributed by atoms with E-state index in [9.17, 15) is 4.39 Å². The zero-order valence-corrected chi connectivity index (χ0v) is 9.04. The first-order chi connectivity index (χ1) is 7.29. The van der Waals surface area contributed by atoms with Crippen LogP contribution in [-0.4, -0.2) is 24.5 Å². The summed E-state index contributed by atoms with van der Waals surface area (Å²) >= 11 is 0. The van der Waals surface area contributed by atoms with E-state index in [1.807, 2.05) is 12.1 Å². The highest BCUT2D eigenvalue weighted by Crippen LogP contribution is 2.22. The molecule has 0 saturated heterocycles. The Kier molecular flexibility index (Phi) is 3.17. The highest BCUT2D eigenvalue weighted by Gasteiger charge is 2.10. The van der Waals surface area contributed by atoms with Crippen LogP contribution in [0.25, 0.3) is 5.57 Å². The van der Waals surface area contributed by atoms with Crippen molar-refractivity contribution in [1.82, 2.24) is 4.90 Å². The van der Waals surface area contributed by atoms with Crippen molar-refractivity contribution < 1.29 is 4.39 Å². The zero-order chi connectivity index (χ0) is 10.7. The molecule has 0 aliphatic carbocycles. The Labute approximate surface area is 90.2 Å². The molecule has 0 aromatic heterocycles. The molecule has 1 heterocycles. The van der Waals surface area contributed by atoms with Gasteiger partial charge in [-0.25, -0.2) is 4.39 Å². The number of rotatable bonds is 2. The van der Waals surface area contributed by atoms with Gasteiger partial charge in [0.1, 0.15) is 5.82 Å². The number of halogens is 1. The van der Waals surface area contributed by atoms with Crippen molar-refractivity contribution in [2.24, 2.45) is 0 Å². The van der Waals surface area contributed by atoms with Crippen LogP contribution in [-0.2, 0) is 0 Å². The first kappa shape index (κ1) is 10.4. The normalized spacial score (nSPS) is 17.6. The molecule has 1 aliphatic rings. The molecule has 1 nitrogen and oxygen atoms in total. The summed E-state index contributed by atoms with van der Waals surface area (Å²) in [6, 6.07) is 6.79. The van der Waals surface area contributed by atoms with Gasteiger partial charge >= 0.3 is 0 Å². The number of benzene rings is 1. The summed E-state index contributed by atoms with van der Waals surface area (Å²) in [7, 11) is 0. The number of nitrogens with zero attached hydrogens (tertiary/aromatic N) is 1. The van der Waals surface area contributed by atoms with Crippen LogP contribution in [0.15, 0.2) is 30.3 Å². The van der Waals surface area contributed by atoms with E-state index in [4.69, 9.17) is 0 Å². The maximum Gasteiger partial charge on any atom is 0.123 e. The van der Waals surface area contributed by atoms with Gasteiger partial charge in [-0.05, 0) is 36.2 Å². The smallest absolute Gasteiger partial charge is 0.123 e. The summed E-state index contributed by atoms with van der Waals surface area (Å²) in [6.45, 7) is 5.41. The summed E-state index contributed by atoms with van der Waals surface area (Å²) in [5, 5.41) is 0. The van der Waals surface area contributed by atoms with Crippen molar-refractivity contribution in [3.63, 3.8) is 0 Å². The fourth-order valence-corrected chi connectivity index (χ4v) is 1.92. The third-order valence-corrected chi connectivity index (χ3v) is 2.96. The third kappa shape index (κ3) is 2.45. The summed E-state index contributed by atoms with van der Waals surface area (Å²) in [5.74, 6) is -0.162. The van der Waals surface area contributed by atoms with Crippen molar-refractivity contribution in [1.29, 1.82) is 0 Å². The van der Waals surface area contributed by atoms with Crippen LogP contribution in [0.1, 0.15) is 18.9 Å². The van der Waals surface area contributed by atoms with Crippen LogP contribution in [0.3, 0.4) is 0 Å². The molecule has 0 atom stereocenters. The molecule has 0 amide bonds. The van der Waals surface area contributed by atoms with Crippen molar-refractivity contribution in [3.8, 4) is 0 Å². The Balaban J connectivity index is 2.12. The Morgan fingerprint density at radius 2 is 2.00 bits per heavy atom. The second-order valence-corrected chi connectivity index (χ2v) is 3.88. The Morgan fingerprint density at radius 3 is 2.53 bits per heavy atom. The van der Waals surface area contributed by atoms with Crippen LogP contribution in [0.2, 0.25) is 0 Å². The predicted octanol–water partition coefficient (Wildman–Crippen LogP) is 2.93. The number of hydrogen-bond acceptors (Lipinski definition) is 1. The fourth-order valence-electron chi connectivity index (χ4n) is 1.92. The molecule has 1 aromatic rings. The van der Waals surface area contributed by atoms with Crippen molar-refractivity contribution in [2.45, 2.75) is 13.3 Å². The van der Waals surface area contributed by atoms with E-state index in [0.717, 1.165) is 31.6 Å². The number of likely N-dealkylation sites (N-methyl/N-ethyl adjacent to an activating group) is 1. The van der Waals surface area contributed by atoms with Crippen molar-refractivity contribution >= 4 is 5.57 Å². The summed E-state index contributed by atoms with van der Waals surface area (Å²) in [5.41, 5.74) is 2.51. The summed E-state index contributed by atoms with van der Waals surface area (Å²) < 4.78 is 12.7. The van der Waals surface area contributed by atoms with E-state index >= 15 is 0 Å². The quantitative estimate of drug-likeness (QED) is 0.717. The molecule has 80 valence electrons. The molecular weight excluding hydrogens is 189 g/mol. The van der Waals surface area contributed by atoms with Crippen molar-refractivity contribution in [2.75, 3.05) is 19.6 Å². The molecule has 1 aromatic carbocycles. The lowest BCUT2D eigenvalue weighted by atomic mass is 9.99. The Hall–Kier alpha value is -1.15. The Morgan fingerprint density at radius 1 is 1.27 bits per heavy atom. The van der Waals surface area contributed by atoms with Gasteiger partial charge in [0, 0.05) is 13.1 Å². The van der Waals surface area contributed by atoms with Crippen LogP contribution in [0.5, 0.6) is 0 Å². The molecule has 0 radical (unpaired) electrons.